The lowest BCUT2D eigenvalue weighted by Crippen LogP contribution is -2.18. The molecule has 2 heteroatoms. The van der Waals surface area contributed by atoms with Gasteiger partial charge in [0.1, 0.15) is 6.21 Å². The largest absolute Gasteiger partial charge is 0.280 e. The Labute approximate surface area is 80.4 Å². The van der Waals surface area contributed by atoms with E-state index in [0.717, 1.165) is 12.5 Å². The summed E-state index contributed by atoms with van der Waals surface area (Å²) < 4.78 is 2.27. The van der Waals surface area contributed by atoms with E-state index in [2.05, 4.69) is 15.8 Å². The fraction of sp³-hybridized carbons (Fsp3) is 0.818. The molecule has 0 aromatic carbocycles. The Morgan fingerprint density at radius 2 is 1.92 bits per heavy atom. The van der Waals surface area contributed by atoms with E-state index in [-0.39, 0.29) is 0 Å². The van der Waals surface area contributed by atoms with E-state index >= 15 is 0 Å². The molecule has 1 saturated carbocycles. The molecule has 0 unspecified atom stereocenters. The van der Waals surface area contributed by atoms with Gasteiger partial charge in [-0.3, -0.25) is 0 Å². The molecular weight excluding hydrogens is 160 g/mol. The van der Waals surface area contributed by atoms with Gasteiger partial charge in [-0.1, -0.05) is 30.7 Å². The Hall–Kier alpha value is -0.660. The van der Waals surface area contributed by atoms with Crippen LogP contribution < -0.4 is 0 Å². The van der Waals surface area contributed by atoms with E-state index in [1.807, 2.05) is 6.34 Å². The van der Waals surface area contributed by atoms with Crippen LogP contribution in [0.5, 0.6) is 0 Å². The van der Waals surface area contributed by atoms with Gasteiger partial charge in [-0.05, 0) is 18.8 Å². The molecule has 1 fully saturated rings. The zero-order valence-corrected chi connectivity index (χ0v) is 8.28. The number of aliphatic imine (C=N–C) groups is 1. The van der Waals surface area contributed by atoms with Crippen LogP contribution in [0.15, 0.2) is 4.99 Å². The maximum atomic E-state index is 4.20. The minimum Gasteiger partial charge on any atom is -0.237 e. The molecule has 0 amide bonds. The van der Waals surface area contributed by atoms with Crippen molar-refractivity contribution in [1.29, 1.82) is 0 Å². The Morgan fingerprint density at radius 1 is 1.15 bits per heavy atom. The summed E-state index contributed by atoms with van der Waals surface area (Å²) in [5.41, 5.74) is 0. The predicted molar refractivity (Wildman–Crippen MR) is 55.7 cm³/mol. The molecule has 0 bridgehead atoms. The first-order valence-corrected chi connectivity index (χ1v) is 5.54. The van der Waals surface area contributed by atoms with Crippen molar-refractivity contribution in [1.82, 2.24) is 0 Å². The minimum absolute atomic E-state index is 0.896. The summed E-state index contributed by atoms with van der Waals surface area (Å²) in [6.07, 6.45) is 12.8. The molecule has 72 valence electrons. The van der Waals surface area contributed by atoms with Gasteiger partial charge in [-0.15, -0.1) is 0 Å². The highest BCUT2D eigenvalue weighted by Gasteiger charge is 2.16. The van der Waals surface area contributed by atoms with Gasteiger partial charge in [0.25, 0.3) is 6.34 Å². The monoisotopic (exact) mass is 179 g/mol. The Balaban J connectivity index is 1.82. The van der Waals surface area contributed by atoms with E-state index in [4.69, 9.17) is 0 Å². The molecule has 2 aliphatic rings. The van der Waals surface area contributed by atoms with Gasteiger partial charge in [0.15, 0.2) is 6.54 Å². The third-order valence-electron chi connectivity index (χ3n) is 3.10. The molecule has 13 heavy (non-hydrogen) atoms. The Morgan fingerprint density at radius 3 is 2.54 bits per heavy atom. The lowest BCUT2D eigenvalue weighted by Gasteiger charge is -2.10. The highest BCUT2D eigenvalue weighted by molar-refractivity contribution is 5.67. The SMILES string of the molecule is C1=NCC=[N+]1CC1CCCCCC1. The van der Waals surface area contributed by atoms with E-state index in [9.17, 15) is 0 Å². The molecule has 2 rings (SSSR count). The average molecular weight is 179 g/mol. The van der Waals surface area contributed by atoms with Crippen LogP contribution >= 0.6 is 0 Å². The molecule has 0 aromatic rings. The molecule has 0 spiro atoms. The molecule has 0 atom stereocenters. The molecule has 2 nitrogen and oxygen atoms in total. The van der Waals surface area contributed by atoms with Crippen molar-refractivity contribution < 1.29 is 4.58 Å². The molecule has 1 heterocycles. The first-order valence-electron chi connectivity index (χ1n) is 5.54. The number of rotatable bonds is 2. The molecule has 0 aromatic heterocycles. The number of hydrogen-bond acceptors (Lipinski definition) is 1. The second kappa shape index (κ2) is 4.54. The quantitative estimate of drug-likeness (QED) is 0.455. The lowest BCUT2D eigenvalue weighted by molar-refractivity contribution is -0.401. The third-order valence-corrected chi connectivity index (χ3v) is 3.10. The minimum atomic E-state index is 0.896. The van der Waals surface area contributed by atoms with Crippen LogP contribution in [0.25, 0.3) is 0 Å². The predicted octanol–water partition coefficient (Wildman–Crippen LogP) is 2.08. The first-order chi connectivity index (χ1) is 6.45. The molecule has 1 aliphatic carbocycles. The van der Waals surface area contributed by atoms with Crippen molar-refractivity contribution in [2.75, 3.05) is 13.1 Å². The standard InChI is InChI=1S/C11H19N2/c1-2-4-6-11(5-3-1)9-13-8-7-12-10-13/h8,10-11H,1-7,9H2/q+1. The van der Waals surface area contributed by atoms with Crippen molar-refractivity contribution in [3.63, 3.8) is 0 Å². The topological polar surface area (TPSA) is 15.4 Å². The van der Waals surface area contributed by atoms with Gasteiger partial charge in [-0.25, -0.2) is 4.58 Å². The van der Waals surface area contributed by atoms with Gasteiger partial charge < -0.3 is 0 Å². The molecular formula is C11H19N2+. The summed E-state index contributed by atoms with van der Waals surface area (Å²) in [6.45, 7) is 2.11. The second-order valence-electron chi connectivity index (χ2n) is 4.22. The van der Waals surface area contributed by atoms with Crippen LogP contribution in [0.4, 0.5) is 0 Å². The van der Waals surface area contributed by atoms with Crippen LogP contribution in [-0.4, -0.2) is 30.2 Å². The van der Waals surface area contributed by atoms with Crippen molar-refractivity contribution >= 4 is 12.6 Å². The zero-order valence-electron chi connectivity index (χ0n) is 8.28. The van der Waals surface area contributed by atoms with Gasteiger partial charge in [0, 0.05) is 0 Å². The molecule has 0 N–H and O–H groups in total. The van der Waals surface area contributed by atoms with Crippen LogP contribution in [0.2, 0.25) is 0 Å². The summed E-state index contributed by atoms with van der Waals surface area (Å²) >= 11 is 0. The van der Waals surface area contributed by atoms with Crippen molar-refractivity contribution in [3.8, 4) is 0 Å². The summed E-state index contributed by atoms with van der Waals surface area (Å²) in [5, 5.41) is 0. The summed E-state index contributed by atoms with van der Waals surface area (Å²) in [6, 6.07) is 0. The van der Waals surface area contributed by atoms with Crippen LogP contribution in [-0.2, 0) is 0 Å². The first kappa shape index (κ1) is 8.92. The van der Waals surface area contributed by atoms with Gasteiger partial charge >= 0.3 is 0 Å². The van der Waals surface area contributed by atoms with E-state index < -0.39 is 0 Å². The number of nitrogens with zero attached hydrogens (tertiary/aromatic N) is 2. The number of hydrogen-bond donors (Lipinski definition) is 0. The molecule has 1 aliphatic heterocycles. The average Bonchev–Trinajstić information content (AvgIpc) is 2.49. The summed E-state index contributed by atoms with van der Waals surface area (Å²) in [4.78, 5) is 4.20. The highest BCUT2D eigenvalue weighted by atomic mass is 15.1. The maximum Gasteiger partial charge on any atom is 0.280 e. The van der Waals surface area contributed by atoms with Gasteiger partial charge in [-0.2, -0.15) is 0 Å². The van der Waals surface area contributed by atoms with Crippen LogP contribution in [0, 0.1) is 5.92 Å². The van der Waals surface area contributed by atoms with Crippen molar-refractivity contribution in [3.05, 3.63) is 0 Å². The third kappa shape index (κ3) is 2.64. The van der Waals surface area contributed by atoms with E-state index in [1.165, 1.54) is 45.1 Å². The second-order valence-corrected chi connectivity index (χ2v) is 4.22. The highest BCUT2D eigenvalue weighted by Crippen LogP contribution is 2.22. The lowest BCUT2D eigenvalue weighted by atomic mass is 10.0. The van der Waals surface area contributed by atoms with Crippen LogP contribution in [0.1, 0.15) is 38.5 Å². The normalized spacial score (nSPS) is 24.5. The van der Waals surface area contributed by atoms with Crippen molar-refractivity contribution in [2.24, 2.45) is 10.9 Å². The smallest absolute Gasteiger partial charge is 0.237 e. The molecule has 0 radical (unpaired) electrons. The van der Waals surface area contributed by atoms with Gasteiger partial charge in [0.2, 0.25) is 0 Å². The van der Waals surface area contributed by atoms with E-state index in [1.54, 1.807) is 0 Å². The summed E-state index contributed by atoms with van der Waals surface area (Å²) in [5.74, 6) is 0.920. The maximum absolute atomic E-state index is 4.20. The fourth-order valence-electron chi connectivity index (χ4n) is 2.32. The Kier molecular flexibility index (Phi) is 3.11. The molecule has 0 saturated heterocycles. The summed E-state index contributed by atoms with van der Waals surface area (Å²) in [7, 11) is 0. The van der Waals surface area contributed by atoms with Gasteiger partial charge in [0.05, 0.1) is 6.54 Å². The fourth-order valence-corrected chi connectivity index (χ4v) is 2.32. The van der Waals surface area contributed by atoms with Crippen molar-refractivity contribution in [2.45, 2.75) is 38.5 Å². The van der Waals surface area contributed by atoms with E-state index in [0.29, 0.717) is 0 Å². The van der Waals surface area contributed by atoms with Crippen LogP contribution in [0.3, 0.4) is 0 Å². The Bertz CT molecular complexity index is 210. The zero-order chi connectivity index (χ0) is 8.93.